The van der Waals surface area contributed by atoms with Crippen LogP contribution in [0.4, 0.5) is 26.1 Å². The van der Waals surface area contributed by atoms with Gasteiger partial charge in [0.15, 0.2) is 23.3 Å². The summed E-state index contributed by atoms with van der Waals surface area (Å²) in [6, 6.07) is 8.31. The fraction of sp³-hybridized carbons (Fsp3) is 0.214. The Balaban J connectivity index is 2.35. The lowest BCUT2D eigenvalue weighted by Crippen LogP contribution is -2.06. The molecule has 0 unspecified atom stereocenters. The van der Waals surface area contributed by atoms with Gasteiger partial charge < -0.3 is 10.6 Å². The molecule has 2 rings (SSSR count). The van der Waals surface area contributed by atoms with E-state index in [4.69, 9.17) is 0 Å². The number of para-hydroxylation sites is 1. The SMILES string of the molecule is CCNc1nc(Nc2ccccc2SC)c(F)cc1F. The lowest BCUT2D eigenvalue weighted by Gasteiger charge is -2.12. The predicted octanol–water partition coefficient (Wildman–Crippen LogP) is 4.26. The molecule has 1 aromatic heterocycles. The molecular weight excluding hydrogens is 280 g/mol. The van der Waals surface area contributed by atoms with E-state index in [1.807, 2.05) is 37.4 Å². The first-order valence-electron chi connectivity index (χ1n) is 6.15. The third-order valence-electron chi connectivity index (χ3n) is 2.63. The number of nitrogens with one attached hydrogen (secondary N) is 2. The second-order valence-electron chi connectivity index (χ2n) is 4.00. The molecule has 0 saturated carbocycles. The molecule has 0 aliphatic carbocycles. The van der Waals surface area contributed by atoms with Crippen LogP contribution in [0.5, 0.6) is 0 Å². The normalized spacial score (nSPS) is 10.4. The van der Waals surface area contributed by atoms with Crippen molar-refractivity contribution in [3.63, 3.8) is 0 Å². The van der Waals surface area contributed by atoms with Gasteiger partial charge in [0.25, 0.3) is 0 Å². The summed E-state index contributed by atoms with van der Waals surface area (Å²) in [4.78, 5) is 4.91. The number of hydrogen-bond donors (Lipinski definition) is 2. The van der Waals surface area contributed by atoms with E-state index in [0.29, 0.717) is 6.54 Å². The monoisotopic (exact) mass is 295 g/mol. The number of rotatable bonds is 5. The van der Waals surface area contributed by atoms with E-state index < -0.39 is 11.6 Å². The zero-order valence-corrected chi connectivity index (χ0v) is 12.0. The average Bonchev–Trinajstić information content (AvgIpc) is 2.45. The van der Waals surface area contributed by atoms with Crippen LogP contribution < -0.4 is 10.6 Å². The lowest BCUT2D eigenvalue weighted by atomic mass is 10.3. The first kappa shape index (κ1) is 14.6. The largest absolute Gasteiger partial charge is 0.368 e. The summed E-state index contributed by atoms with van der Waals surface area (Å²) in [6.45, 7) is 2.33. The number of thioether (sulfide) groups is 1. The van der Waals surface area contributed by atoms with Crippen molar-refractivity contribution in [3.05, 3.63) is 42.0 Å². The lowest BCUT2D eigenvalue weighted by molar-refractivity contribution is 0.579. The molecule has 106 valence electrons. The van der Waals surface area contributed by atoms with Crippen LogP contribution in [0.1, 0.15) is 6.92 Å². The maximum absolute atomic E-state index is 13.8. The molecule has 0 bridgehead atoms. The number of anilines is 3. The summed E-state index contributed by atoms with van der Waals surface area (Å²) in [5.41, 5.74) is 0.737. The summed E-state index contributed by atoms with van der Waals surface area (Å²) in [7, 11) is 0. The van der Waals surface area contributed by atoms with Crippen LogP contribution in [0.3, 0.4) is 0 Å². The maximum Gasteiger partial charge on any atom is 0.169 e. The number of pyridine rings is 1. The van der Waals surface area contributed by atoms with Gasteiger partial charge >= 0.3 is 0 Å². The summed E-state index contributed by atoms with van der Waals surface area (Å²) in [6.07, 6.45) is 1.93. The third-order valence-corrected chi connectivity index (χ3v) is 3.43. The van der Waals surface area contributed by atoms with Crippen molar-refractivity contribution in [1.29, 1.82) is 0 Å². The zero-order valence-electron chi connectivity index (χ0n) is 11.2. The molecule has 1 heterocycles. The highest BCUT2D eigenvalue weighted by Crippen LogP contribution is 2.29. The highest BCUT2D eigenvalue weighted by Gasteiger charge is 2.12. The molecule has 0 amide bonds. The molecule has 0 spiro atoms. The Morgan fingerprint density at radius 2 is 1.85 bits per heavy atom. The van der Waals surface area contributed by atoms with Gasteiger partial charge in [0.2, 0.25) is 0 Å². The molecule has 0 atom stereocenters. The first-order chi connectivity index (χ1) is 9.65. The first-order valence-corrected chi connectivity index (χ1v) is 7.38. The van der Waals surface area contributed by atoms with Crippen LogP contribution in [-0.4, -0.2) is 17.8 Å². The maximum atomic E-state index is 13.8. The smallest absolute Gasteiger partial charge is 0.169 e. The van der Waals surface area contributed by atoms with Gasteiger partial charge in [0.05, 0.1) is 5.69 Å². The molecule has 1 aromatic carbocycles. The minimum Gasteiger partial charge on any atom is -0.368 e. The quantitative estimate of drug-likeness (QED) is 0.808. The van der Waals surface area contributed by atoms with Crippen LogP contribution in [0.2, 0.25) is 0 Å². The van der Waals surface area contributed by atoms with E-state index in [9.17, 15) is 8.78 Å². The van der Waals surface area contributed by atoms with Crippen LogP contribution in [0, 0.1) is 11.6 Å². The third kappa shape index (κ3) is 3.19. The minimum absolute atomic E-state index is 0.00356. The molecule has 0 saturated heterocycles. The topological polar surface area (TPSA) is 37.0 Å². The predicted molar refractivity (Wildman–Crippen MR) is 79.8 cm³/mol. The van der Waals surface area contributed by atoms with Crippen LogP contribution in [-0.2, 0) is 0 Å². The Morgan fingerprint density at radius 3 is 2.55 bits per heavy atom. The Kier molecular flexibility index (Phi) is 4.79. The Bertz CT molecular complexity index is 605. The van der Waals surface area contributed by atoms with E-state index in [0.717, 1.165) is 16.6 Å². The fourth-order valence-electron chi connectivity index (χ4n) is 1.72. The van der Waals surface area contributed by atoms with E-state index in [1.54, 1.807) is 0 Å². The molecule has 2 N–H and O–H groups in total. The highest BCUT2D eigenvalue weighted by molar-refractivity contribution is 7.98. The average molecular weight is 295 g/mol. The van der Waals surface area contributed by atoms with Crippen LogP contribution in [0.15, 0.2) is 35.2 Å². The second kappa shape index (κ2) is 6.56. The Hall–Kier alpha value is -1.82. The van der Waals surface area contributed by atoms with Crippen molar-refractivity contribution in [3.8, 4) is 0 Å². The number of hydrogen-bond acceptors (Lipinski definition) is 4. The van der Waals surface area contributed by atoms with Crippen molar-refractivity contribution in [2.75, 3.05) is 23.4 Å². The van der Waals surface area contributed by atoms with Gasteiger partial charge in [-0.05, 0) is 25.3 Å². The van der Waals surface area contributed by atoms with Crippen molar-refractivity contribution < 1.29 is 8.78 Å². The Morgan fingerprint density at radius 1 is 1.15 bits per heavy atom. The number of nitrogens with zero attached hydrogens (tertiary/aromatic N) is 1. The van der Waals surface area contributed by atoms with Crippen molar-refractivity contribution in [1.82, 2.24) is 4.98 Å². The number of aromatic nitrogens is 1. The summed E-state index contributed by atoms with van der Waals surface area (Å²) < 4.78 is 27.3. The summed E-state index contributed by atoms with van der Waals surface area (Å²) >= 11 is 1.54. The highest BCUT2D eigenvalue weighted by atomic mass is 32.2. The fourth-order valence-corrected chi connectivity index (χ4v) is 2.27. The molecule has 0 aliphatic rings. The van der Waals surface area contributed by atoms with Crippen molar-refractivity contribution >= 4 is 29.1 Å². The van der Waals surface area contributed by atoms with Crippen molar-refractivity contribution in [2.45, 2.75) is 11.8 Å². The van der Waals surface area contributed by atoms with Crippen LogP contribution >= 0.6 is 11.8 Å². The second-order valence-corrected chi connectivity index (χ2v) is 4.85. The molecule has 6 heteroatoms. The van der Waals surface area contributed by atoms with Gasteiger partial charge in [-0.1, -0.05) is 12.1 Å². The van der Waals surface area contributed by atoms with Gasteiger partial charge in [0, 0.05) is 17.5 Å². The van der Waals surface area contributed by atoms with Gasteiger partial charge in [-0.2, -0.15) is 0 Å². The molecule has 20 heavy (non-hydrogen) atoms. The zero-order chi connectivity index (χ0) is 14.5. The van der Waals surface area contributed by atoms with E-state index in [1.165, 1.54) is 11.8 Å². The molecule has 0 radical (unpaired) electrons. The Labute approximate surface area is 120 Å². The molecule has 2 aromatic rings. The van der Waals surface area contributed by atoms with Gasteiger partial charge in [-0.3, -0.25) is 0 Å². The van der Waals surface area contributed by atoms with E-state index in [-0.39, 0.29) is 11.6 Å². The molecule has 3 nitrogen and oxygen atoms in total. The van der Waals surface area contributed by atoms with Crippen LogP contribution in [0.25, 0.3) is 0 Å². The van der Waals surface area contributed by atoms with Gasteiger partial charge in [-0.25, -0.2) is 13.8 Å². The summed E-state index contributed by atoms with van der Waals surface area (Å²) in [5, 5.41) is 5.66. The number of benzene rings is 1. The molecular formula is C14H15F2N3S. The molecule has 0 fully saturated rings. The van der Waals surface area contributed by atoms with Crippen molar-refractivity contribution in [2.24, 2.45) is 0 Å². The summed E-state index contributed by atoms with van der Waals surface area (Å²) in [5.74, 6) is -1.38. The molecule has 0 aliphatic heterocycles. The standard InChI is InChI=1S/C14H15F2N3S/c1-3-17-13-9(15)8-10(16)14(19-13)18-11-6-4-5-7-12(11)20-2/h4-8H,3H2,1-2H3,(H2,17,18,19). The minimum atomic E-state index is -0.722. The van der Waals surface area contributed by atoms with Gasteiger partial charge in [-0.15, -0.1) is 11.8 Å². The van der Waals surface area contributed by atoms with E-state index in [2.05, 4.69) is 15.6 Å². The van der Waals surface area contributed by atoms with Gasteiger partial charge in [0.1, 0.15) is 0 Å². The number of halogens is 2. The van der Waals surface area contributed by atoms with E-state index >= 15 is 0 Å².